The molecule has 0 atom stereocenters. The number of unbranched alkanes of at least 4 members (excludes halogenated alkanes) is 1. The van der Waals surface area contributed by atoms with Crippen molar-refractivity contribution in [3.05, 3.63) is 12.7 Å². The first-order valence-corrected chi connectivity index (χ1v) is 7.17. The predicted octanol–water partition coefficient (Wildman–Crippen LogP) is 4.49. The molecule has 0 saturated heterocycles. The van der Waals surface area contributed by atoms with E-state index in [0.717, 1.165) is 31.8 Å². The van der Waals surface area contributed by atoms with Crippen LogP contribution in [0.15, 0.2) is 12.7 Å². The predicted molar refractivity (Wildman–Crippen MR) is 76.4 cm³/mol. The number of allylic oxidation sites excluding steroid dienone is 1. The van der Waals surface area contributed by atoms with E-state index in [1.807, 2.05) is 6.08 Å². The van der Waals surface area contributed by atoms with Crippen molar-refractivity contribution in [2.24, 2.45) is 5.41 Å². The van der Waals surface area contributed by atoms with E-state index in [9.17, 15) is 0 Å². The van der Waals surface area contributed by atoms with Crippen molar-refractivity contribution in [1.82, 2.24) is 0 Å². The molecule has 0 aromatic heterocycles. The van der Waals surface area contributed by atoms with E-state index in [1.165, 1.54) is 25.7 Å². The highest BCUT2D eigenvalue weighted by atomic mass is 32.1. The van der Waals surface area contributed by atoms with E-state index in [4.69, 9.17) is 4.74 Å². The van der Waals surface area contributed by atoms with Gasteiger partial charge >= 0.3 is 0 Å². The minimum Gasteiger partial charge on any atom is -0.381 e. The van der Waals surface area contributed by atoms with Gasteiger partial charge in [0.2, 0.25) is 0 Å². The van der Waals surface area contributed by atoms with E-state index < -0.39 is 0 Å². The Hall–Kier alpha value is 0.0500. The van der Waals surface area contributed by atoms with Gasteiger partial charge in [0.25, 0.3) is 0 Å². The van der Waals surface area contributed by atoms with Crippen molar-refractivity contribution in [2.45, 2.75) is 52.4 Å². The van der Waals surface area contributed by atoms with Gasteiger partial charge in [-0.2, -0.15) is 12.6 Å². The van der Waals surface area contributed by atoms with E-state index >= 15 is 0 Å². The lowest BCUT2D eigenvalue weighted by Crippen LogP contribution is -2.29. The summed E-state index contributed by atoms with van der Waals surface area (Å²) in [4.78, 5) is 0. The van der Waals surface area contributed by atoms with Crippen LogP contribution in [0.4, 0.5) is 0 Å². The summed E-state index contributed by atoms with van der Waals surface area (Å²) >= 11 is 4.52. The molecule has 0 unspecified atom stereocenters. The van der Waals surface area contributed by atoms with E-state index in [2.05, 4.69) is 33.1 Å². The van der Waals surface area contributed by atoms with Crippen molar-refractivity contribution in [1.29, 1.82) is 0 Å². The average Bonchev–Trinajstić information content (AvgIpc) is 2.29. The topological polar surface area (TPSA) is 9.23 Å². The first-order chi connectivity index (χ1) is 7.74. The van der Waals surface area contributed by atoms with Crippen molar-refractivity contribution in [2.75, 3.05) is 19.0 Å². The van der Waals surface area contributed by atoms with Gasteiger partial charge in [-0.25, -0.2) is 0 Å². The minimum atomic E-state index is 0.306. The Morgan fingerprint density at radius 1 is 1.25 bits per heavy atom. The molecule has 16 heavy (non-hydrogen) atoms. The molecule has 0 fully saturated rings. The lowest BCUT2D eigenvalue weighted by molar-refractivity contribution is 0.0441. The van der Waals surface area contributed by atoms with Crippen molar-refractivity contribution in [3.8, 4) is 0 Å². The largest absolute Gasteiger partial charge is 0.381 e. The monoisotopic (exact) mass is 244 g/mol. The third kappa shape index (κ3) is 6.59. The molecule has 0 spiro atoms. The van der Waals surface area contributed by atoms with Gasteiger partial charge < -0.3 is 4.74 Å². The normalized spacial score (nSPS) is 11.7. The highest BCUT2D eigenvalue weighted by molar-refractivity contribution is 7.80. The molecule has 0 radical (unpaired) electrons. The second-order valence-corrected chi connectivity index (χ2v) is 4.96. The van der Waals surface area contributed by atoms with Gasteiger partial charge in [0.1, 0.15) is 0 Å². The fourth-order valence-electron chi connectivity index (χ4n) is 2.15. The molecule has 0 heterocycles. The Kier molecular flexibility index (Phi) is 10.3. The van der Waals surface area contributed by atoms with E-state index in [-0.39, 0.29) is 0 Å². The maximum Gasteiger partial charge on any atom is 0.0530 e. The maximum absolute atomic E-state index is 5.80. The zero-order valence-corrected chi connectivity index (χ0v) is 11.9. The molecular weight excluding hydrogens is 216 g/mol. The highest BCUT2D eigenvalue weighted by Gasteiger charge is 2.26. The summed E-state index contributed by atoms with van der Waals surface area (Å²) in [5, 5.41) is 0. The van der Waals surface area contributed by atoms with Crippen LogP contribution in [0.1, 0.15) is 52.4 Å². The number of ether oxygens (including phenoxy) is 1. The summed E-state index contributed by atoms with van der Waals surface area (Å²) in [5.74, 6) is 0.941. The molecule has 0 aliphatic rings. The Labute approximate surface area is 107 Å². The number of thiol groups is 1. The molecule has 0 N–H and O–H groups in total. The van der Waals surface area contributed by atoms with Crippen LogP contribution in [0, 0.1) is 5.41 Å². The van der Waals surface area contributed by atoms with Gasteiger partial charge in [-0.15, -0.1) is 6.58 Å². The Morgan fingerprint density at radius 3 is 2.31 bits per heavy atom. The second kappa shape index (κ2) is 10.2. The van der Waals surface area contributed by atoms with Crippen LogP contribution in [-0.2, 0) is 4.74 Å². The second-order valence-electron chi connectivity index (χ2n) is 4.64. The van der Waals surface area contributed by atoms with Crippen LogP contribution in [0.3, 0.4) is 0 Å². The van der Waals surface area contributed by atoms with Crippen LogP contribution in [-0.4, -0.2) is 19.0 Å². The Balaban J connectivity index is 3.93. The Bertz CT molecular complexity index is 162. The van der Waals surface area contributed by atoms with Gasteiger partial charge in [-0.05, 0) is 31.4 Å². The molecule has 2 heteroatoms. The highest BCUT2D eigenvalue weighted by Crippen LogP contribution is 2.31. The first-order valence-electron chi connectivity index (χ1n) is 6.54. The minimum absolute atomic E-state index is 0.306. The van der Waals surface area contributed by atoms with Crippen molar-refractivity contribution < 1.29 is 4.74 Å². The van der Waals surface area contributed by atoms with Crippen LogP contribution in [0.2, 0.25) is 0 Å². The third-order valence-electron chi connectivity index (χ3n) is 3.00. The van der Waals surface area contributed by atoms with E-state index in [0.29, 0.717) is 5.41 Å². The molecule has 0 saturated carbocycles. The number of rotatable bonds is 11. The summed E-state index contributed by atoms with van der Waals surface area (Å²) in [5.41, 5.74) is 0.306. The number of hydrogen-bond acceptors (Lipinski definition) is 2. The van der Waals surface area contributed by atoms with Gasteiger partial charge in [0.05, 0.1) is 6.61 Å². The molecule has 0 aromatic carbocycles. The molecule has 1 nitrogen and oxygen atoms in total. The summed E-state index contributed by atoms with van der Waals surface area (Å²) in [6, 6.07) is 0. The molecule has 0 aromatic rings. The molecular formula is C14H28OS. The molecule has 0 aliphatic heterocycles. The first kappa shape index (κ1) is 16.1. The van der Waals surface area contributed by atoms with Gasteiger partial charge in [-0.1, -0.05) is 32.8 Å². The molecule has 0 aliphatic carbocycles. The summed E-state index contributed by atoms with van der Waals surface area (Å²) in [7, 11) is 0. The van der Waals surface area contributed by atoms with Gasteiger partial charge in [-0.3, -0.25) is 0 Å². The van der Waals surface area contributed by atoms with E-state index in [1.54, 1.807) is 0 Å². The van der Waals surface area contributed by atoms with Gasteiger partial charge in [0.15, 0.2) is 0 Å². The molecule has 0 amide bonds. The van der Waals surface area contributed by atoms with Gasteiger partial charge in [0, 0.05) is 12.0 Å². The summed E-state index contributed by atoms with van der Waals surface area (Å²) < 4.78 is 5.80. The maximum atomic E-state index is 5.80. The summed E-state index contributed by atoms with van der Waals surface area (Å²) in [6.07, 6.45) is 8.98. The lowest BCUT2D eigenvalue weighted by Gasteiger charge is -2.31. The van der Waals surface area contributed by atoms with Crippen LogP contribution in [0.25, 0.3) is 0 Å². The van der Waals surface area contributed by atoms with Crippen molar-refractivity contribution in [3.63, 3.8) is 0 Å². The third-order valence-corrected chi connectivity index (χ3v) is 3.67. The van der Waals surface area contributed by atoms with Crippen LogP contribution in [0.5, 0.6) is 0 Å². The summed E-state index contributed by atoms with van der Waals surface area (Å²) in [6.45, 7) is 9.92. The smallest absolute Gasteiger partial charge is 0.0530 e. The Morgan fingerprint density at radius 2 is 1.88 bits per heavy atom. The lowest BCUT2D eigenvalue weighted by atomic mass is 9.82. The van der Waals surface area contributed by atoms with Crippen LogP contribution < -0.4 is 0 Å². The standard InChI is InChI=1S/C14H28OS/c1-4-7-8-11-15-12-14(13-16,9-5-2)10-6-3/h4,16H,1,5-13H2,2-3H3. The fraction of sp³-hybridized carbons (Fsp3) is 0.857. The van der Waals surface area contributed by atoms with Crippen LogP contribution >= 0.6 is 12.6 Å². The fourth-order valence-corrected chi connectivity index (χ4v) is 2.56. The SMILES string of the molecule is C=CCCCOCC(CS)(CCC)CCC. The van der Waals surface area contributed by atoms with Crippen molar-refractivity contribution >= 4 is 12.6 Å². The molecule has 0 bridgehead atoms. The molecule has 0 rings (SSSR count). The molecule has 96 valence electrons. The quantitative estimate of drug-likeness (QED) is 0.320. The average molecular weight is 244 g/mol. The zero-order valence-electron chi connectivity index (χ0n) is 11.0. The zero-order chi connectivity index (χ0) is 12.3. The number of hydrogen-bond donors (Lipinski definition) is 1.